The molecule has 0 bridgehead atoms. The van der Waals surface area contributed by atoms with Crippen molar-refractivity contribution >= 4 is 0 Å². The quantitative estimate of drug-likeness (QED) is 0.848. The van der Waals surface area contributed by atoms with Crippen LogP contribution in [-0.2, 0) is 0 Å². The maximum Gasteiger partial charge on any atom is 0.164 e. The van der Waals surface area contributed by atoms with Gasteiger partial charge in [-0.05, 0) is 31.2 Å². The van der Waals surface area contributed by atoms with Gasteiger partial charge in [-0.2, -0.15) is 0 Å². The molecular formula is C13H18O3. The van der Waals surface area contributed by atoms with Crippen molar-refractivity contribution in [3.05, 3.63) is 23.8 Å². The first-order valence-electron chi connectivity index (χ1n) is 5.58. The lowest BCUT2D eigenvalue weighted by atomic mass is 10.1. The molecule has 1 fully saturated rings. The minimum Gasteiger partial charge on any atom is -0.493 e. The van der Waals surface area contributed by atoms with Crippen molar-refractivity contribution in [2.45, 2.75) is 25.4 Å². The molecule has 88 valence electrons. The first-order chi connectivity index (χ1) is 7.69. The molecule has 3 nitrogen and oxygen atoms in total. The fourth-order valence-corrected chi connectivity index (χ4v) is 2.31. The van der Waals surface area contributed by atoms with Crippen LogP contribution in [0, 0.1) is 5.92 Å². The number of rotatable bonds is 4. The zero-order chi connectivity index (χ0) is 11.7. The number of hydrogen-bond donors (Lipinski definition) is 1. The predicted octanol–water partition coefficient (Wildman–Crippen LogP) is 2.19. The molecule has 1 aromatic rings. The van der Waals surface area contributed by atoms with Crippen molar-refractivity contribution in [2.75, 3.05) is 14.2 Å². The monoisotopic (exact) mass is 222 g/mol. The number of methoxy groups -OCH3 is 2. The second-order valence-corrected chi connectivity index (χ2v) is 4.33. The molecule has 0 aliphatic heterocycles. The van der Waals surface area contributed by atoms with Crippen LogP contribution in [0.25, 0.3) is 0 Å². The van der Waals surface area contributed by atoms with E-state index in [-0.39, 0.29) is 6.10 Å². The van der Waals surface area contributed by atoms with Crippen LogP contribution in [-0.4, -0.2) is 25.4 Å². The summed E-state index contributed by atoms with van der Waals surface area (Å²) in [6.07, 6.45) is 0.780. The highest BCUT2D eigenvalue weighted by molar-refractivity contribution is 5.50. The van der Waals surface area contributed by atoms with E-state index >= 15 is 0 Å². The van der Waals surface area contributed by atoms with E-state index in [1.807, 2.05) is 19.1 Å². The van der Waals surface area contributed by atoms with Gasteiger partial charge in [0.1, 0.15) is 0 Å². The van der Waals surface area contributed by atoms with E-state index in [0.29, 0.717) is 11.8 Å². The van der Waals surface area contributed by atoms with Gasteiger partial charge in [0, 0.05) is 5.56 Å². The van der Waals surface area contributed by atoms with E-state index in [1.165, 1.54) is 0 Å². The molecule has 3 atom stereocenters. The van der Waals surface area contributed by atoms with Gasteiger partial charge in [0.25, 0.3) is 0 Å². The van der Waals surface area contributed by atoms with Crippen LogP contribution in [0.15, 0.2) is 18.2 Å². The van der Waals surface area contributed by atoms with E-state index in [2.05, 4.69) is 6.07 Å². The van der Waals surface area contributed by atoms with Gasteiger partial charge in [0.05, 0.1) is 20.3 Å². The highest BCUT2D eigenvalue weighted by atomic mass is 16.5. The molecule has 1 aliphatic carbocycles. The van der Waals surface area contributed by atoms with Crippen molar-refractivity contribution in [1.82, 2.24) is 0 Å². The molecule has 0 amide bonds. The second-order valence-electron chi connectivity index (χ2n) is 4.33. The molecule has 0 spiro atoms. The van der Waals surface area contributed by atoms with Crippen molar-refractivity contribution in [1.29, 1.82) is 0 Å². The summed E-state index contributed by atoms with van der Waals surface area (Å²) in [6, 6.07) is 5.91. The molecule has 0 aromatic heterocycles. The Labute approximate surface area is 96.0 Å². The third kappa shape index (κ3) is 1.87. The molecule has 1 aliphatic rings. The maximum atomic E-state index is 9.54. The minimum absolute atomic E-state index is 0.249. The summed E-state index contributed by atoms with van der Waals surface area (Å²) in [4.78, 5) is 0. The van der Waals surface area contributed by atoms with Gasteiger partial charge in [-0.1, -0.05) is 12.1 Å². The lowest BCUT2D eigenvalue weighted by molar-refractivity contribution is 0.168. The van der Waals surface area contributed by atoms with Gasteiger partial charge in [-0.15, -0.1) is 0 Å². The zero-order valence-corrected chi connectivity index (χ0v) is 9.93. The second kappa shape index (κ2) is 4.34. The van der Waals surface area contributed by atoms with Gasteiger partial charge < -0.3 is 14.6 Å². The van der Waals surface area contributed by atoms with Gasteiger partial charge in [0.15, 0.2) is 11.5 Å². The molecule has 0 heterocycles. The smallest absolute Gasteiger partial charge is 0.164 e. The van der Waals surface area contributed by atoms with Crippen LogP contribution in [0.1, 0.15) is 24.8 Å². The third-order valence-electron chi connectivity index (χ3n) is 3.29. The Hall–Kier alpha value is -1.22. The van der Waals surface area contributed by atoms with E-state index in [9.17, 15) is 5.11 Å². The lowest BCUT2D eigenvalue weighted by Crippen LogP contribution is -2.04. The van der Waals surface area contributed by atoms with Gasteiger partial charge in [0.2, 0.25) is 0 Å². The van der Waals surface area contributed by atoms with Crippen LogP contribution in [0.3, 0.4) is 0 Å². The summed E-state index contributed by atoms with van der Waals surface area (Å²) in [7, 11) is 3.29. The molecule has 2 rings (SSSR count). The Kier molecular flexibility index (Phi) is 3.06. The molecule has 16 heavy (non-hydrogen) atoms. The first-order valence-corrected chi connectivity index (χ1v) is 5.58. The molecule has 0 saturated heterocycles. The van der Waals surface area contributed by atoms with Crippen LogP contribution >= 0.6 is 0 Å². The number of ether oxygens (including phenoxy) is 2. The highest BCUT2D eigenvalue weighted by Gasteiger charge is 2.43. The first kappa shape index (κ1) is 11.3. The third-order valence-corrected chi connectivity index (χ3v) is 3.29. The number of aliphatic hydroxyl groups excluding tert-OH is 1. The van der Waals surface area contributed by atoms with Crippen molar-refractivity contribution in [2.24, 2.45) is 5.92 Å². The zero-order valence-electron chi connectivity index (χ0n) is 9.93. The number of hydrogen-bond acceptors (Lipinski definition) is 3. The molecule has 1 aromatic carbocycles. The topological polar surface area (TPSA) is 38.7 Å². The number of aliphatic hydroxyl groups is 1. The number of benzene rings is 1. The highest BCUT2D eigenvalue weighted by Crippen LogP contribution is 2.53. The van der Waals surface area contributed by atoms with Crippen LogP contribution in [0.5, 0.6) is 11.5 Å². The minimum atomic E-state index is -0.249. The number of para-hydroxylation sites is 1. The lowest BCUT2D eigenvalue weighted by Gasteiger charge is -2.12. The van der Waals surface area contributed by atoms with Crippen molar-refractivity contribution in [3.8, 4) is 11.5 Å². The van der Waals surface area contributed by atoms with E-state index in [0.717, 1.165) is 23.5 Å². The fraction of sp³-hybridized carbons (Fsp3) is 0.538. The summed E-state index contributed by atoms with van der Waals surface area (Å²) in [6.45, 7) is 1.84. The van der Waals surface area contributed by atoms with Crippen LogP contribution in [0.2, 0.25) is 0 Å². The summed E-state index contributed by atoms with van der Waals surface area (Å²) < 4.78 is 10.7. The molecular weight excluding hydrogens is 204 g/mol. The van der Waals surface area contributed by atoms with Crippen LogP contribution in [0.4, 0.5) is 0 Å². The largest absolute Gasteiger partial charge is 0.493 e. The molecule has 1 saturated carbocycles. The van der Waals surface area contributed by atoms with E-state index in [1.54, 1.807) is 14.2 Å². The van der Waals surface area contributed by atoms with Crippen LogP contribution < -0.4 is 9.47 Å². The Balaban J connectivity index is 2.28. The predicted molar refractivity (Wildman–Crippen MR) is 62.1 cm³/mol. The molecule has 3 heteroatoms. The summed E-state index contributed by atoms with van der Waals surface area (Å²) >= 11 is 0. The Morgan fingerprint density at radius 2 is 2.06 bits per heavy atom. The summed E-state index contributed by atoms with van der Waals surface area (Å²) in [5, 5.41) is 9.54. The standard InChI is InChI=1S/C13H18O3/c1-8(14)10-7-11(10)9-5-4-6-12(15-2)13(9)16-3/h4-6,8,10-11,14H,7H2,1-3H3/t8-,10+,11+/m1/s1. The Morgan fingerprint density at radius 3 is 2.56 bits per heavy atom. The average Bonchev–Trinajstić information content (AvgIpc) is 3.07. The summed E-state index contributed by atoms with van der Waals surface area (Å²) in [5.74, 6) is 2.33. The Bertz CT molecular complexity index is 373. The van der Waals surface area contributed by atoms with E-state index in [4.69, 9.17) is 9.47 Å². The molecule has 0 unspecified atom stereocenters. The fourth-order valence-electron chi connectivity index (χ4n) is 2.31. The Morgan fingerprint density at radius 1 is 1.31 bits per heavy atom. The SMILES string of the molecule is COc1cccc([C@@H]2C[C@H]2[C@@H](C)O)c1OC. The van der Waals surface area contributed by atoms with E-state index < -0.39 is 0 Å². The van der Waals surface area contributed by atoms with Gasteiger partial charge in [-0.3, -0.25) is 0 Å². The van der Waals surface area contributed by atoms with Crippen molar-refractivity contribution < 1.29 is 14.6 Å². The molecule has 0 radical (unpaired) electrons. The normalized spacial score (nSPS) is 25.0. The van der Waals surface area contributed by atoms with Gasteiger partial charge >= 0.3 is 0 Å². The maximum absolute atomic E-state index is 9.54. The average molecular weight is 222 g/mol. The van der Waals surface area contributed by atoms with Gasteiger partial charge in [-0.25, -0.2) is 0 Å². The molecule has 1 N–H and O–H groups in total. The van der Waals surface area contributed by atoms with Crippen molar-refractivity contribution in [3.63, 3.8) is 0 Å². The summed E-state index contributed by atoms with van der Waals surface area (Å²) in [5.41, 5.74) is 1.15.